The molecular weight excluding hydrogens is 750 g/mol. The van der Waals surface area contributed by atoms with E-state index < -0.39 is 88.6 Å². The first kappa shape index (κ1) is 43.1. The van der Waals surface area contributed by atoms with Gasteiger partial charge in [-0.05, 0) is 45.8 Å². The van der Waals surface area contributed by atoms with Crippen molar-refractivity contribution >= 4 is 81.6 Å². The maximum Gasteiger partial charge on any atom is 0.393 e. The molecule has 22 heteroatoms. The van der Waals surface area contributed by atoms with Crippen molar-refractivity contribution in [3.8, 4) is 0 Å². The van der Waals surface area contributed by atoms with E-state index in [9.17, 15) is 39.5 Å². The molecule has 7 unspecified atom stereocenters. The highest BCUT2D eigenvalue weighted by atomic mass is 35.8. The molecule has 252 valence electrons. The average Bonchev–Trinajstić information content (AvgIpc) is 2.73. The van der Waals surface area contributed by atoms with Crippen molar-refractivity contribution < 1.29 is 56.0 Å². The first-order chi connectivity index (χ1) is 18.0. The second-order valence-electron chi connectivity index (χ2n) is 11.9. The Morgan fingerprint density at radius 2 is 0.810 bits per heavy atom. The lowest BCUT2D eigenvalue weighted by Gasteiger charge is -2.50. The van der Waals surface area contributed by atoms with Gasteiger partial charge in [-0.1, -0.05) is 33.4 Å². The van der Waals surface area contributed by atoms with Crippen molar-refractivity contribution in [1.29, 1.82) is 0 Å². The van der Waals surface area contributed by atoms with E-state index in [0.717, 1.165) is 19.6 Å². The molecule has 4 nitrogen and oxygen atoms in total. The zero-order valence-electron chi connectivity index (χ0n) is 25.3. The number of rotatable bonds is 14. The summed E-state index contributed by atoms with van der Waals surface area (Å²) >= 11 is 18.4. The molecule has 0 aromatic heterocycles. The number of alkyl halides is 9. The highest BCUT2D eigenvalue weighted by molar-refractivity contribution is 7.66. The van der Waals surface area contributed by atoms with E-state index in [2.05, 4.69) is 6.58 Å². The fraction of sp³-hybridized carbons (Fsp3) is 0.900. The lowest BCUT2D eigenvalue weighted by atomic mass is 10.5. The molecule has 0 heterocycles. The molecule has 0 amide bonds. The van der Waals surface area contributed by atoms with Gasteiger partial charge in [0.2, 0.25) is 0 Å². The van der Waals surface area contributed by atoms with Gasteiger partial charge < -0.3 is 16.5 Å². The smallest absolute Gasteiger partial charge is 0.393 e. The Balaban J connectivity index is 7.46. The third kappa shape index (κ3) is 11.4. The van der Waals surface area contributed by atoms with E-state index in [1.807, 2.05) is 0 Å². The van der Waals surface area contributed by atoms with Gasteiger partial charge in [0, 0.05) is 5.16 Å². The average molecular weight is 790 g/mol. The highest BCUT2D eigenvalue weighted by Crippen LogP contribution is 2.51. The van der Waals surface area contributed by atoms with Gasteiger partial charge in [0.25, 0.3) is 0 Å². The molecule has 0 rings (SSSR count). The zero-order valence-corrected chi connectivity index (χ0v) is 33.5. The van der Waals surface area contributed by atoms with Gasteiger partial charge in [0.1, 0.15) is 0 Å². The van der Waals surface area contributed by atoms with Crippen LogP contribution in [0.25, 0.3) is 0 Å². The molecule has 0 bridgehead atoms. The van der Waals surface area contributed by atoms with Crippen LogP contribution in [0.15, 0.2) is 12.3 Å². The third-order valence-electron chi connectivity index (χ3n) is 7.60. The topological polar surface area (TPSA) is 36.9 Å². The van der Waals surface area contributed by atoms with Crippen LogP contribution in [-0.2, 0) is 16.5 Å². The van der Waals surface area contributed by atoms with Gasteiger partial charge in [0.15, 0.2) is 16.6 Å². The van der Waals surface area contributed by atoms with Gasteiger partial charge in [0.05, 0.1) is 16.6 Å². The maximum absolute atomic E-state index is 14.3. The van der Waals surface area contributed by atoms with Crippen molar-refractivity contribution in [2.24, 2.45) is 0 Å². The van der Waals surface area contributed by atoms with Gasteiger partial charge in [-0.15, -0.1) is 39.8 Å². The summed E-state index contributed by atoms with van der Waals surface area (Å²) in [6, 6.07) is -3.60. The summed E-state index contributed by atoms with van der Waals surface area (Å²) in [6.07, 6.45) is -15.1. The first-order valence-corrected chi connectivity index (χ1v) is 31.0. The normalized spacial score (nSPS) is 21.9. The fourth-order valence-electron chi connectivity index (χ4n) is 3.86. The Labute approximate surface area is 262 Å². The highest BCUT2D eigenvalue weighted by Gasteiger charge is 2.67. The maximum atomic E-state index is 14.3. The van der Waals surface area contributed by atoms with Crippen LogP contribution in [0.1, 0.15) is 27.7 Å². The predicted octanol–water partition coefficient (Wildman–Crippen LogP) is 10.8. The second-order valence-corrected chi connectivity index (χ2v) is 41.2. The second kappa shape index (κ2) is 13.7. The van der Waals surface area contributed by atoms with Crippen LogP contribution >= 0.6 is 33.2 Å². The van der Waals surface area contributed by atoms with E-state index in [1.54, 1.807) is 0 Å². The molecule has 0 radical (unpaired) electrons. The van der Waals surface area contributed by atoms with Crippen molar-refractivity contribution in [3.05, 3.63) is 12.3 Å². The summed E-state index contributed by atoms with van der Waals surface area (Å²) in [7, 11) is -21.5. The molecule has 0 aliphatic carbocycles. The Hall–Kier alpha value is 1.12. The largest absolute Gasteiger partial charge is 0.436 e. The molecular formula is C20H40Cl3F9O4Si6. The molecule has 0 spiro atoms. The van der Waals surface area contributed by atoms with Crippen LogP contribution in [0.5, 0.6) is 0 Å². The molecule has 0 aliphatic heterocycles. The molecule has 0 aromatic carbocycles. The van der Waals surface area contributed by atoms with Gasteiger partial charge in [-0.2, -0.15) is 39.5 Å². The summed E-state index contributed by atoms with van der Waals surface area (Å²) in [5.74, 6) is 0. The molecule has 0 aromatic rings. The monoisotopic (exact) mass is 788 g/mol. The van der Waals surface area contributed by atoms with Crippen LogP contribution in [0, 0.1) is 0 Å². The quantitative estimate of drug-likeness (QED) is 0.0998. The van der Waals surface area contributed by atoms with Gasteiger partial charge >= 0.3 is 50.2 Å². The van der Waals surface area contributed by atoms with Crippen LogP contribution < -0.4 is 0 Å². The van der Waals surface area contributed by atoms with Crippen LogP contribution in [0.4, 0.5) is 39.5 Å². The lowest BCUT2D eigenvalue weighted by molar-refractivity contribution is -0.140. The van der Waals surface area contributed by atoms with Crippen molar-refractivity contribution in [2.75, 3.05) is 0 Å². The summed E-state index contributed by atoms with van der Waals surface area (Å²) in [4.78, 5) is 0. The standard InChI is InChI=1S/C20H40Cl3F9O4Si6/c1-13-37(6,7)33-39(10,14(2)18(24,25)26)35-41(12,16(4)20(30,31)32)36-40(11,15(3)19(27,28)29)34-38(8,9)17(5)42(21,22)23/h13-17H,1H2,2-12H3. The van der Waals surface area contributed by atoms with Crippen molar-refractivity contribution in [2.45, 2.75) is 114 Å². The van der Waals surface area contributed by atoms with E-state index in [0.29, 0.717) is 20.8 Å². The summed E-state index contributed by atoms with van der Waals surface area (Å²) in [6.45, 7) is 15.6. The predicted molar refractivity (Wildman–Crippen MR) is 164 cm³/mol. The van der Waals surface area contributed by atoms with Crippen molar-refractivity contribution in [3.63, 3.8) is 0 Å². The van der Waals surface area contributed by atoms with Crippen LogP contribution in [0.2, 0.25) is 67.6 Å². The number of hydrogen-bond acceptors (Lipinski definition) is 4. The van der Waals surface area contributed by atoms with Gasteiger partial charge in [-0.3, -0.25) is 0 Å². The molecule has 0 saturated heterocycles. The van der Waals surface area contributed by atoms with E-state index in [4.69, 9.17) is 49.7 Å². The van der Waals surface area contributed by atoms with Crippen LogP contribution in [0.3, 0.4) is 0 Å². The first-order valence-electron chi connectivity index (χ1n) is 12.7. The van der Waals surface area contributed by atoms with Crippen LogP contribution in [-0.4, -0.2) is 66.8 Å². The summed E-state index contributed by atoms with van der Waals surface area (Å²) < 4.78 is 152. The number of halogens is 12. The lowest BCUT2D eigenvalue weighted by Crippen LogP contribution is -2.68. The Morgan fingerprint density at radius 1 is 0.548 bits per heavy atom. The van der Waals surface area contributed by atoms with E-state index in [-0.39, 0.29) is 0 Å². The minimum atomic E-state index is -5.16. The summed E-state index contributed by atoms with van der Waals surface area (Å²) in [5.41, 5.74) is -6.14. The summed E-state index contributed by atoms with van der Waals surface area (Å²) in [5, 5.41) is -0.840. The molecule has 0 aliphatic rings. The van der Waals surface area contributed by atoms with E-state index >= 15 is 0 Å². The Bertz CT molecular complexity index is 939. The Morgan fingerprint density at radius 3 is 1.05 bits per heavy atom. The fourth-order valence-corrected chi connectivity index (χ4v) is 38.1. The Kier molecular flexibility index (Phi) is 14.1. The minimum absolute atomic E-state index is 0.613. The molecule has 0 saturated carbocycles. The number of hydrogen-bond donors (Lipinski definition) is 0. The molecule has 7 atom stereocenters. The molecule has 0 fully saturated rings. The third-order valence-corrected chi connectivity index (χ3v) is 39.3. The molecule has 42 heavy (non-hydrogen) atoms. The van der Waals surface area contributed by atoms with Crippen molar-refractivity contribution in [1.82, 2.24) is 0 Å². The zero-order chi connectivity index (χ0) is 34.3. The molecule has 0 N–H and O–H groups in total. The minimum Gasteiger partial charge on any atom is -0.436 e. The SMILES string of the molecule is C=C[Si](C)(C)O[Si](C)(O[Si](C)(O[Si](C)(O[Si](C)(C)C(C)[Si](Cl)(Cl)Cl)C(C)C(F)(F)F)C(C)C(F)(F)F)C(C)C(F)(F)F. The van der Waals surface area contributed by atoms with Gasteiger partial charge in [-0.25, -0.2) is 0 Å². The van der Waals surface area contributed by atoms with E-state index in [1.165, 1.54) is 38.8 Å².